The lowest BCUT2D eigenvalue weighted by atomic mass is 9.84. The van der Waals surface area contributed by atoms with Gasteiger partial charge in [-0.05, 0) is 19.3 Å². The van der Waals surface area contributed by atoms with Gasteiger partial charge in [-0.1, -0.05) is 32.1 Å². The van der Waals surface area contributed by atoms with Crippen molar-refractivity contribution in [3.05, 3.63) is 16.1 Å². The SMILES string of the molecule is Cc1csc(CC(CC2CCCCC2)NN)n1. The molecule has 2 rings (SSSR count). The standard InChI is InChI=1S/C13H23N3S/c1-10-9-17-13(15-10)8-12(16-14)7-11-5-3-2-4-6-11/h9,11-12,16H,2-8,14H2,1H3. The molecular formula is C13H23N3S. The topological polar surface area (TPSA) is 50.9 Å². The van der Waals surface area contributed by atoms with Crippen LogP contribution in [-0.2, 0) is 6.42 Å². The fourth-order valence-electron chi connectivity index (χ4n) is 2.74. The van der Waals surface area contributed by atoms with Crippen LogP contribution in [0.4, 0.5) is 0 Å². The molecule has 1 unspecified atom stereocenters. The maximum Gasteiger partial charge on any atom is 0.0944 e. The molecule has 0 aromatic carbocycles. The fourth-order valence-corrected chi connectivity index (χ4v) is 3.60. The number of hydrogen-bond donors (Lipinski definition) is 2. The first-order valence-electron chi connectivity index (χ1n) is 6.65. The molecule has 1 atom stereocenters. The second-order valence-electron chi connectivity index (χ2n) is 5.19. The summed E-state index contributed by atoms with van der Waals surface area (Å²) in [5.74, 6) is 6.54. The Morgan fingerprint density at radius 2 is 2.24 bits per heavy atom. The third-order valence-electron chi connectivity index (χ3n) is 3.67. The van der Waals surface area contributed by atoms with E-state index in [4.69, 9.17) is 5.84 Å². The molecule has 0 saturated heterocycles. The smallest absolute Gasteiger partial charge is 0.0944 e. The number of rotatable bonds is 5. The van der Waals surface area contributed by atoms with E-state index in [9.17, 15) is 0 Å². The molecule has 1 aliphatic rings. The normalized spacial score (nSPS) is 19.4. The summed E-state index contributed by atoms with van der Waals surface area (Å²) in [6.45, 7) is 2.05. The van der Waals surface area contributed by atoms with Crippen LogP contribution in [0.25, 0.3) is 0 Å². The van der Waals surface area contributed by atoms with E-state index in [0.717, 1.165) is 18.0 Å². The van der Waals surface area contributed by atoms with Gasteiger partial charge in [-0.25, -0.2) is 4.98 Å². The summed E-state index contributed by atoms with van der Waals surface area (Å²) in [5, 5.41) is 3.32. The highest BCUT2D eigenvalue weighted by molar-refractivity contribution is 7.09. The van der Waals surface area contributed by atoms with Gasteiger partial charge in [0, 0.05) is 23.5 Å². The summed E-state index contributed by atoms with van der Waals surface area (Å²) in [6.07, 6.45) is 9.17. The maximum absolute atomic E-state index is 5.67. The lowest BCUT2D eigenvalue weighted by Gasteiger charge is -2.25. The molecule has 0 aliphatic heterocycles. The monoisotopic (exact) mass is 253 g/mol. The second kappa shape index (κ2) is 6.47. The van der Waals surface area contributed by atoms with Crippen LogP contribution in [-0.4, -0.2) is 11.0 Å². The highest BCUT2D eigenvalue weighted by atomic mass is 32.1. The number of nitrogens with two attached hydrogens (primary N) is 1. The van der Waals surface area contributed by atoms with Gasteiger partial charge in [-0.15, -0.1) is 11.3 Å². The van der Waals surface area contributed by atoms with Crippen molar-refractivity contribution in [2.24, 2.45) is 11.8 Å². The third-order valence-corrected chi connectivity index (χ3v) is 4.65. The number of aromatic nitrogens is 1. The molecule has 17 heavy (non-hydrogen) atoms. The summed E-state index contributed by atoms with van der Waals surface area (Å²) < 4.78 is 0. The first-order valence-corrected chi connectivity index (χ1v) is 7.53. The molecule has 1 fully saturated rings. The minimum absolute atomic E-state index is 0.392. The van der Waals surface area contributed by atoms with Crippen LogP contribution in [0.1, 0.15) is 49.2 Å². The highest BCUT2D eigenvalue weighted by Crippen LogP contribution is 2.28. The van der Waals surface area contributed by atoms with E-state index in [2.05, 4.69) is 15.8 Å². The second-order valence-corrected chi connectivity index (χ2v) is 6.13. The van der Waals surface area contributed by atoms with Crippen LogP contribution in [0, 0.1) is 12.8 Å². The van der Waals surface area contributed by atoms with Crippen molar-refractivity contribution < 1.29 is 0 Å². The molecule has 0 radical (unpaired) electrons. The number of nitrogens with zero attached hydrogens (tertiary/aromatic N) is 1. The van der Waals surface area contributed by atoms with Crippen molar-refractivity contribution >= 4 is 11.3 Å². The van der Waals surface area contributed by atoms with E-state index in [1.54, 1.807) is 11.3 Å². The van der Waals surface area contributed by atoms with Crippen molar-refractivity contribution in [1.29, 1.82) is 0 Å². The van der Waals surface area contributed by atoms with E-state index >= 15 is 0 Å². The molecular weight excluding hydrogens is 230 g/mol. The third kappa shape index (κ3) is 4.05. The van der Waals surface area contributed by atoms with E-state index in [1.165, 1.54) is 43.5 Å². The Bertz CT molecular complexity index is 331. The summed E-state index contributed by atoms with van der Waals surface area (Å²) in [5.41, 5.74) is 4.10. The van der Waals surface area contributed by atoms with Gasteiger partial charge in [0.15, 0.2) is 0 Å². The lowest BCUT2D eigenvalue weighted by Crippen LogP contribution is -2.38. The van der Waals surface area contributed by atoms with Gasteiger partial charge in [-0.2, -0.15) is 0 Å². The number of hydrogen-bond acceptors (Lipinski definition) is 4. The zero-order valence-corrected chi connectivity index (χ0v) is 11.4. The number of nitrogens with one attached hydrogen (secondary N) is 1. The van der Waals surface area contributed by atoms with Crippen LogP contribution >= 0.6 is 11.3 Å². The number of thiazole rings is 1. The van der Waals surface area contributed by atoms with Gasteiger partial charge >= 0.3 is 0 Å². The van der Waals surface area contributed by atoms with E-state index in [0.29, 0.717) is 6.04 Å². The minimum atomic E-state index is 0.392. The van der Waals surface area contributed by atoms with Crippen molar-refractivity contribution in [3.63, 3.8) is 0 Å². The predicted octanol–water partition coefficient (Wildman–Crippen LogP) is 2.80. The molecule has 3 N–H and O–H groups in total. The lowest BCUT2D eigenvalue weighted by molar-refractivity contribution is 0.297. The summed E-state index contributed by atoms with van der Waals surface area (Å²) in [7, 11) is 0. The van der Waals surface area contributed by atoms with E-state index in [-0.39, 0.29) is 0 Å². The van der Waals surface area contributed by atoms with Gasteiger partial charge in [0.25, 0.3) is 0 Å². The molecule has 3 nitrogen and oxygen atoms in total. The van der Waals surface area contributed by atoms with Crippen LogP contribution in [0.2, 0.25) is 0 Å². The average Bonchev–Trinajstić information content (AvgIpc) is 2.75. The zero-order valence-electron chi connectivity index (χ0n) is 10.6. The Kier molecular flexibility index (Phi) is 4.95. The Labute approximate surface area is 108 Å². The molecule has 96 valence electrons. The molecule has 1 aromatic rings. The Hall–Kier alpha value is -0.450. The Balaban J connectivity index is 1.83. The molecule has 1 saturated carbocycles. The van der Waals surface area contributed by atoms with Gasteiger partial charge in [0.1, 0.15) is 0 Å². The molecule has 4 heteroatoms. The van der Waals surface area contributed by atoms with Crippen LogP contribution in [0.5, 0.6) is 0 Å². The van der Waals surface area contributed by atoms with Crippen LogP contribution in [0.3, 0.4) is 0 Å². The highest BCUT2D eigenvalue weighted by Gasteiger charge is 2.19. The predicted molar refractivity (Wildman–Crippen MR) is 72.9 cm³/mol. The van der Waals surface area contributed by atoms with Crippen molar-refractivity contribution in [3.8, 4) is 0 Å². The van der Waals surface area contributed by atoms with Gasteiger partial charge in [0.2, 0.25) is 0 Å². The average molecular weight is 253 g/mol. The van der Waals surface area contributed by atoms with E-state index < -0.39 is 0 Å². The van der Waals surface area contributed by atoms with Crippen molar-refractivity contribution in [2.45, 2.75) is 57.9 Å². The van der Waals surface area contributed by atoms with Crippen LogP contribution < -0.4 is 11.3 Å². The molecule has 1 aliphatic carbocycles. The summed E-state index contributed by atoms with van der Waals surface area (Å²) >= 11 is 1.75. The van der Waals surface area contributed by atoms with Gasteiger partial charge in [0.05, 0.1) is 5.01 Å². The van der Waals surface area contributed by atoms with Gasteiger partial charge in [-0.3, -0.25) is 11.3 Å². The fraction of sp³-hybridized carbons (Fsp3) is 0.769. The molecule has 1 aromatic heterocycles. The Morgan fingerprint density at radius 1 is 1.47 bits per heavy atom. The minimum Gasteiger partial charge on any atom is -0.271 e. The summed E-state index contributed by atoms with van der Waals surface area (Å²) in [6, 6.07) is 0.392. The first-order chi connectivity index (χ1) is 8.28. The quantitative estimate of drug-likeness (QED) is 0.626. The molecule has 0 spiro atoms. The summed E-state index contributed by atoms with van der Waals surface area (Å²) in [4.78, 5) is 4.51. The molecule has 0 amide bonds. The van der Waals surface area contributed by atoms with E-state index in [1.807, 2.05) is 6.92 Å². The Morgan fingerprint density at radius 3 is 2.82 bits per heavy atom. The zero-order chi connectivity index (χ0) is 12.1. The largest absolute Gasteiger partial charge is 0.271 e. The first kappa shape index (κ1) is 13.0. The number of hydrazine groups is 1. The van der Waals surface area contributed by atoms with Crippen molar-refractivity contribution in [2.75, 3.05) is 0 Å². The molecule has 0 bridgehead atoms. The van der Waals surface area contributed by atoms with Gasteiger partial charge < -0.3 is 0 Å². The number of aryl methyl sites for hydroxylation is 1. The molecule has 1 heterocycles. The maximum atomic E-state index is 5.67. The van der Waals surface area contributed by atoms with Crippen LogP contribution in [0.15, 0.2) is 5.38 Å². The van der Waals surface area contributed by atoms with Crippen molar-refractivity contribution in [1.82, 2.24) is 10.4 Å².